The van der Waals surface area contributed by atoms with Crippen LogP contribution >= 0.6 is 0 Å². The lowest BCUT2D eigenvalue weighted by atomic mass is 10.1. The molecule has 1 aliphatic rings. The van der Waals surface area contributed by atoms with Crippen molar-refractivity contribution in [1.29, 1.82) is 0 Å². The van der Waals surface area contributed by atoms with E-state index in [2.05, 4.69) is 4.74 Å². The smallest absolute Gasteiger partial charge is 0.386 e. The minimum atomic E-state index is -5.89. The van der Waals surface area contributed by atoms with E-state index in [9.17, 15) is 30.7 Å². The molecule has 94 valence electrons. The van der Waals surface area contributed by atoms with Gasteiger partial charge in [0.1, 0.15) is 6.61 Å². The Balaban J connectivity index is 3.19. The number of aliphatic hydroxyl groups is 1. The van der Waals surface area contributed by atoms with Crippen molar-refractivity contribution in [2.45, 2.75) is 17.8 Å². The molecule has 0 aliphatic heterocycles. The summed E-state index contributed by atoms with van der Waals surface area (Å²) in [6, 6.07) is 0. The average molecular weight is 254 g/mol. The molecule has 0 aromatic heterocycles. The summed E-state index contributed by atoms with van der Waals surface area (Å²) >= 11 is 0. The monoisotopic (exact) mass is 254 g/mol. The number of hydrogen-bond donors (Lipinski definition) is 1. The van der Waals surface area contributed by atoms with Gasteiger partial charge in [0.05, 0.1) is 6.61 Å². The highest BCUT2D eigenvalue weighted by molar-refractivity contribution is 5.33. The summed E-state index contributed by atoms with van der Waals surface area (Å²) in [5.74, 6) is -22.4. The van der Waals surface area contributed by atoms with Gasteiger partial charge in [-0.15, -0.1) is 0 Å². The summed E-state index contributed by atoms with van der Waals surface area (Å²) < 4.78 is 91.8. The fourth-order valence-corrected chi connectivity index (χ4v) is 1.06. The van der Waals surface area contributed by atoms with E-state index in [1.807, 2.05) is 0 Å². The summed E-state index contributed by atoms with van der Waals surface area (Å²) in [5.41, 5.74) is 0. The Morgan fingerprint density at radius 3 is 1.81 bits per heavy atom. The standard InChI is InChI=1S/C7H5F7O2/c8-3-4(16-2-1-15)6(11,12)7(13,14)5(3,9)10/h15H,1-2H2. The van der Waals surface area contributed by atoms with E-state index in [0.29, 0.717) is 0 Å². The lowest BCUT2D eigenvalue weighted by molar-refractivity contribution is -0.274. The summed E-state index contributed by atoms with van der Waals surface area (Å²) in [7, 11) is 0. The number of hydrogen-bond acceptors (Lipinski definition) is 2. The van der Waals surface area contributed by atoms with Crippen molar-refractivity contribution in [1.82, 2.24) is 0 Å². The summed E-state index contributed by atoms with van der Waals surface area (Å²) in [5, 5.41) is 8.15. The number of rotatable bonds is 3. The molecule has 0 fully saturated rings. The van der Waals surface area contributed by atoms with Gasteiger partial charge in [-0.2, -0.15) is 26.3 Å². The van der Waals surface area contributed by atoms with E-state index >= 15 is 0 Å². The zero-order chi connectivity index (χ0) is 12.8. The quantitative estimate of drug-likeness (QED) is 0.781. The van der Waals surface area contributed by atoms with Gasteiger partial charge >= 0.3 is 17.8 Å². The van der Waals surface area contributed by atoms with Gasteiger partial charge in [0.25, 0.3) is 0 Å². The van der Waals surface area contributed by atoms with Crippen molar-refractivity contribution in [3.63, 3.8) is 0 Å². The molecule has 0 unspecified atom stereocenters. The van der Waals surface area contributed by atoms with E-state index < -0.39 is 42.6 Å². The van der Waals surface area contributed by atoms with E-state index in [1.54, 1.807) is 0 Å². The molecular weight excluding hydrogens is 249 g/mol. The van der Waals surface area contributed by atoms with Crippen molar-refractivity contribution < 1.29 is 40.6 Å². The number of aliphatic hydroxyl groups excluding tert-OH is 1. The van der Waals surface area contributed by atoms with E-state index in [1.165, 1.54) is 0 Å². The van der Waals surface area contributed by atoms with Gasteiger partial charge in [0.15, 0.2) is 0 Å². The molecule has 0 heterocycles. The van der Waals surface area contributed by atoms with Crippen LogP contribution in [0, 0.1) is 0 Å². The number of alkyl halides is 6. The van der Waals surface area contributed by atoms with Crippen molar-refractivity contribution in [2.24, 2.45) is 0 Å². The predicted octanol–water partition coefficient (Wildman–Crippen LogP) is 2.10. The summed E-state index contributed by atoms with van der Waals surface area (Å²) in [6.45, 7) is -1.91. The minimum absolute atomic E-state index is 0.913. The van der Waals surface area contributed by atoms with Gasteiger partial charge in [0, 0.05) is 0 Å². The molecule has 1 aliphatic carbocycles. The molecule has 9 heteroatoms. The second kappa shape index (κ2) is 3.51. The molecule has 0 spiro atoms. The summed E-state index contributed by atoms with van der Waals surface area (Å²) in [4.78, 5) is 0. The fraction of sp³-hybridized carbons (Fsp3) is 0.714. The van der Waals surface area contributed by atoms with Crippen LogP contribution in [0.3, 0.4) is 0 Å². The number of ether oxygens (including phenoxy) is 1. The molecule has 0 amide bonds. The number of halogens is 7. The Morgan fingerprint density at radius 1 is 1.00 bits per heavy atom. The SMILES string of the molecule is OCCOC1=C(F)C(F)(F)C(F)(F)C1(F)F. The maximum Gasteiger partial charge on any atom is 0.386 e. The van der Waals surface area contributed by atoms with Crippen LogP contribution in [0.15, 0.2) is 11.6 Å². The molecule has 0 radical (unpaired) electrons. The van der Waals surface area contributed by atoms with Crippen LogP contribution < -0.4 is 0 Å². The van der Waals surface area contributed by atoms with Crippen molar-refractivity contribution in [3.05, 3.63) is 11.6 Å². The Bertz CT molecular complexity index is 323. The molecule has 0 saturated heterocycles. The van der Waals surface area contributed by atoms with Gasteiger partial charge in [-0.25, -0.2) is 4.39 Å². The zero-order valence-electron chi connectivity index (χ0n) is 7.42. The van der Waals surface area contributed by atoms with Crippen LogP contribution in [0.1, 0.15) is 0 Å². The molecule has 1 rings (SSSR count). The van der Waals surface area contributed by atoms with E-state index in [-0.39, 0.29) is 0 Å². The van der Waals surface area contributed by atoms with E-state index in [4.69, 9.17) is 5.11 Å². The van der Waals surface area contributed by atoms with Crippen molar-refractivity contribution in [3.8, 4) is 0 Å². The van der Waals surface area contributed by atoms with Crippen LogP contribution in [0.25, 0.3) is 0 Å². The van der Waals surface area contributed by atoms with Crippen molar-refractivity contribution >= 4 is 0 Å². The first kappa shape index (κ1) is 13.1. The topological polar surface area (TPSA) is 29.5 Å². The Morgan fingerprint density at radius 2 is 1.50 bits per heavy atom. The second-order valence-electron chi connectivity index (χ2n) is 2.94. The third-order valence-corrected chi connectivity index (χ3v) is 1.89. The maximum absolute atomic E-state index is 12.7. The van der Waals surface area contributed by atoms with Gasteiger partial charge in [-0.1, -0.05) is 0 Å². The highest BCUT2D eigenvalue weighted by atomic mass is 19.3. The van der Waals surface area contributed by atoms with Crippen LogP contribution in [0.5, 0.6) is 0 Å². The minimum Gasteiger partial charge on any atom is -0.486 e. The third kappa shape index (κ3) is 1.37. The second-order valence-corrected chi connectivity index (χ2v) is 2.94. The van der Waals surface area contributed by atoms with Crippen LogP contribution in [0.4, 0.5) is 30.7 Å². The summed E-state index contributed by atoms with van der Waals surface area (Å²) in [6.07, 6.45) is 0. The van der Waals surface area contributed by atoms with Gasteiger partial charge in [-0.05, 0) is 0 Å². The fourth-order valence-electron chi connectivity index (χ4n) is 1.06. The molecule has 0 aromatic carbocycles. The Hall–Kier alpha value is -0.990. The molecule has 16 heavy (non-hydrogen) atoms. The van der Waals surface area contributed by atoms with Gasteiger partial charge in [0.2, 0.25) is 11.6 Å². The predicted molar refractivity (Wildman–Crippen MR) is 36.0 cm³/mol. The molecule has 2 nitrogen and oxygen atoms in total. The van der Waals surface area contributed by atoms with Crippen LogP contribution in [0.2, 0.25) is 0 Å². The first-order chi connectivity index (χ1) is 7.10. The molecule has 0 aromatic rings. The third-order valence-electron chi connectivity index (χ3n) is 1.89. The highest BCUT2D eigenvalue weighted by Crippen LogP contribution is 2.59. The van der Waals surface area contributed by atoms with Crippen molar-refractivity contribution in [2.75, 3.05) is 13.2 Å². The lowest BCUT2D eigenvalue weighted by Gasteiger charge is -2.23. The Kier molecular flexibility index (Phi) is 2.86. The largest absolute Gasteiger partial charge is 0.486 e. The first-order valence-corrected chi connectivity index (χ1v) is 3.88. The molecule has 0 atom stereocenters. The zero-order valence-corrected chi connectivity index (χ0v) is 7.42. The lowest BCUT2D eigenvalue weighted by Crippen LogP contribution is -2.49. The van der Waals surface area contributed by atoms with Crippen LogP contribution in [-0.4, -0.2) is 36.1 Å². The van der Waals surface area contributed by atoms with Gasteiger partial charge < -0.3 is 9.84 Å². The first-order valence-electron chi connectivity index (χ1n) is 3.88. The molecule has 0 bridgehead atoms. The Labute approximate surface area is 84.3 Å². The highest BCUT2D eigenvalue weighted by Gasteiger charge is 2.82. The normalized spacial score (nSPS) is 26.0. The number of allylic oxidation sites excluding steroid dienone is 2. The van der Waals surface area contributed by atoms with Crippen LogP contribution in [-0.2, 0) is 4.74 Å². The van der Waals surface area contributed by atoms with Gasteiger partial charge in [-0.3, -0.25) is 0 Å². The maximum atomic E-state index is 12.7. The molecule has 0 saturated carbocycles. The average Bonchev–Trinajstić information content (AvgIpc) is 2.23. The molecule has 1 N–H and O–H groups in total. The molecular formula is C7H5F7O2. The van der Waals surface area contributed by atoms with E-state index in [0.717, 1.165) is 0 Å².